The number of anilines is 1. The lowest BCUT2D eigenvalue weighted by Crippen LogP contribution is -2.12. The molecular weight excluding hydrogens is 230 g/mol. The van der Waals surface area contributed by atoms with Gasteiger partial charge in [-0.15, -0.1) is 0 Å². The van der Waals surface area contributed by atoms with E-state index in [1.807, 2.05) is 24.3 Å². The standard InChI is InChI=1S/C10H10BrNO/c11-6-5-8-7-3-1-2-4-9(7)12-10(8)13/h1-4,8H,5-6H2,(H,12,13)/t8-/m0/s1. The summed E-state index contributed by atoms with van der Waals surface area (Å²) in [5, 5.41) is 3.73. The summed E-state index contributed by atoms with van der Waals surface area (Å²) in [5.41, 5.74) is 2.10. The quantitative estimate of drug-likeness (QED) is 0.790. The van der Waals surface area contributed by atoms with E-state index in [9.17, 15) is 4.79 Å². The first-order valence-electron chi connectivity index (χ1n) is 4.28. The van der Waals surface area contributed by atoms with Gasteiger partial charge in [0, 0.05) is 11.0 Å². The van der Waals surface area contributed by atoms with E-state index in [1.165, 1.54) is 0 Å². The molecule has 1 N–H and O–H groups in total. The Morgan fingerprint density at radius 2 is 2.15 bits per heavy atom. The van der Waals surface area contributed by atoms with Crippen molar-refractivity contribution >= 4 is 27.5 Å². The van der Waals surface area contributed by atoms with E-state index < -0.39 is 0 Å². The van der Waals surface area contributed by atoms with Crippen LogP contribution in [0.25, 0.3) is 0 Å². The molecule has 0 radical (unpaired) electrons. The van der Waals surface area contributed by atoms with Crippen LogP contribution in [0, 0.1) is 0 Å². The van der Waals surface area contributed by atoms with E-state index in [1.54, 1.807) is 0 Å². The number of amides is 1. The molecule has 0 fully saturated rings. The average molecular weight is 240 g/mol. The van der Waals surface area contributed by atoms with Crippen molar-refractivity contribution in [3.63, 3.8) is 0 Å². The van der Waals surface area contributed by atoms with Gasteiger partial charge in [-0.1, -0.05) is 34.1 Å². The van der Waals surface area contributed by atoms with Gasteiger partial charge in [-0.2, -0.15) is 0 Å². The van der Waals surface area contributed by atoms with E-state index >= 15 is 0 Å². The second-order valence-corrected chi connectivity index (χ2v) is 3.90. The van der Waals surface area contributed by atoms with Gasteiger partial charge in [0.25, 0.3) is 0 Å². The molecule has 2 rings (SSSR count). The number of fused-ring (bicyclic) bond motifs is 1. The number of nitrogens with one attached hydrogen (secondary N) is 1. The van der Waals surface area contributed by atoms with E-state index in [2.05, 4.69) is 21.2 Å². The zero-order valence-electron chi connectivity index (χ0n) is 7.09. The van der Waals surface area contributed by atoms with Crippen molar-refractivity contribution in [1.29, 1.82) is 0 Å². The molecule has 68 valence electrons. The van der Waals surface area contributed by atoms with Crippen molar-refractivity contribution in [3.05, 3.63) is 29.8 Å². The van der Waals surface area contributed by atoms with Crippen molar-refractivity contribution in [3.8, 4) is 0 Å². The Bertz CT molecular complexity index is 337. The summed E-state index contributed by atoms with van der Waals surface area (Å²) < 4.78 is 0. The predicted octanol–water partition coefficient (Wildman–Crippen LogP) is 2.51. The van der Waals surface area contributed by atoms with E-state index in [-0.39, 0.29) is 11.8 Å². The maximum absolute atomic E-state index is 11.5. The van der Waals surface area contributed by atoms with E-state index in [0.717, 1.165) is 23.0 Å². The van der Waals surface area contributed by atoms with Gasteiger partial charge in [0.1, 0.15) is 0 Å². The second kappa shape index (κ2) is 3.50. The summed E-state index contributed by atoms with van der Waals surface area (Å²) in [6.07, 6.45) is 0.864. The number of carbonyl (C=O) groups is 1. The SMILES string of the molecule is O=C1Nc2ccccc2[C@@H]1CCBr. The molecular formula is C10H10BrNO. The Morgan fingerprint density at radius 1 is 1.38 bits per heavy atom. The number of hydrogen-bond acceptors (Lipinski definition) is 1. The van der Waals surface area contributed by atoms with Crippen molar-refractivity contribution in [2.45, 2.75) is 12.3 Å². The number of benzene rings is 1. The first-order valence-corrected chi connectivity index (χ1v) is 5.41. The molecule has 0 aromatic heterocycles. The number of rotatable bonds is 2. The lowest BCUT2D eigenvalue weighted by molar-refractivity contribution is -0.117. The Hall–Kier alpha value is -0.830. The normalized spacial score (nSPS) is 19.8. The predicted molar refractivity (Wildman–Crippen MR) is 56.2 cm³/mol. The summed E-state index contributed by atoms with van der Waals surface area (Å²) in [5.74, 6) is 0.163. The maximum atomic E-state index is 11.5. The number of hydrogen-bond donors (Lipinski definition) is 1. The third kappa shape index (κ3) is 1.48. The van der Waals surface area contributed by atoms with Gasteiger partial charge in [-0.3, -0.25) is 4.79 Å². The lowest BCUT2D eigenvalue weighted by atomic mass is 9.98. The van der Waals surface area contributed by atoms with Crippen LogP contribution in [0.5, 0.6) is 0 Å². The fourth-order valence-electron chi connectivity index (χ4n) is 1.67. The molecule has 13 heavy (non-hydrogen) atoms. The number of alkyl halides is 1. The average Bonchev–Trinajstić information content (AvgIpc) is 2.44. The molecule has 0 spiro atoms. The Balaban J connectivity index is 2.35. The molecule has 1 aromatic rings. The Morgan fingerprint density at radius 3 is 2.92 bits per heavy atom. The number of halogens is 1. The highest BCUT2D eigenvalue weighted by atomic mass is 79.9. The van der Waals surface area contributed by atoms with E-state index in [4.69, 9.17) is 0 Å². The molecule has 0 bridgehead atoms. The van der Waals surface area contributed by atoms with E-state index in [0.29, 0.717) is 0 Å². The van der Waals surface area contributed by atoms with Gasteiger partial charge in [0.15, 0.2) is 0 Å². The fraction of sp³-hybridized carbons (Fsp3) is 0.300. The summed E-state index contributed by atoms with van der Waals surface area (Å²) in [6.45, 7) is 0. The zero-order chi connectivity index (χ0) is 9.26. The molecule has 1 aromatic carbocycles. The molecule has 2 nitrogen and oxygen atoms in total. The Kier molecular flexibility index (Phi) is 2.36. The largest absolute Gasteiger partial charge is 0.325 e. The molecule has 1 atom stereocenters. The minimum Gasteiger partial charge on any atom is -0.325 e. The van der Waals surface area contributed by atoms with Gasteiger partial charge in [0.05, 0.1) is 5.92 Å². The second-order valence-electron chi connectivity index (χ2n) is 3.11. The summed E-state index contributed by atoms with van der Waals surface area (Å²) in [6, 6.07) is 7.87. The third-order valence-corrected chi connectivity index (χ3v) is 2.77. The van der Waals surface area contributed by atoms with Crippen molar-refractivity contribution in [2.24, 2.45) is 0 Å². The van der Waals surface area contributed by atoms with Crippen molar-refractivity contribution < 1.29 is 4.79 Å². The molecule has 0 saturated carbocycles. The van der Waals surface area contributed by atoms with Crippen LogP contribution in [0.1, 0.15) is 17.9 Å². The van der Waals surface area contributed by atoms with Gasteiger partial charge >= 0.3 is 0 Å². The fourth-order valence-corrected chi connectivity index (χ4v) is 2.13. The van der Waals surface area contributed by atoms with Gasteiger partial charge in [-0.25, -0.2) is 0 Å². The highest BCUT2D eigenvalue weighted by Crippen LogP contribution is 2.34. The first-order chi connectivity index (χ1) is 6.33. The first kappa shape index (κ1) is 8.75. The summed E-state index contributed by atoms with van der Waals surface area (Å²) >= 11 is 3.36. The van der Waals surface area contributed by atoms with Crippen LogP contribution in [-0.4, -0.2) is 11.2 Å². The van der Waals surface area contributed by atoms with Crippen LogP contribution in [0.3, 0.4) is 0 Å². The molecule has 0 saturated heterocycles. The smallest absolute Gasteiger partial charge is 0.232 e. The molecule has 3 heteroatoms. The molecule has 0 aliphatic carbocycles. The third-order valence-electron chi connectivity index (χ3n) is 2.31. The monoisotopic (exact) mass is 239 g/mol. The van der Waals surface area contributed by atoms with Gasteiger partial charge < -0.3 is 5.32 Å². The molecule has 1 amide bonds. The molecule has 0 unspecified atom stereocenters. The highest BCUT2D eigenvalue weighted by molar-refractivity contribution is 9.09. The summed E-state index contributed by atoms with van der Waals surface area (Å²) in [7, 11) is 0. The van der Waals surface area contributed by atoms with Crippen LogP contribution in [0.4, 0.5) is 5.69 Å². The topological polar surface area (TPSA) is 29.1 Å². The van der Waals surface area contributed by atoms with Crippen LogP contribution < -0.4 is 5.32 Å². The van der Waals surface area contributed by atoms with Crippen LogP contribution >= 0.6 is 15.9 Å². The Labute approximate surface area is 85.5 Å². The van der Waals surface area contributed by atoms with Crippen LogP contribution in [0.2, 0.25) is 0 Å². The highest BCUT2D eigenvalue weighted by Gasteiger charge is 2.28. The zero-order valence-corrected chi connectivity index (χ0v) is 8.67. The van der Waals surface area contributed by atoms with Crippen molar-refractivity contribution in [2.75, 3.05) is 10.6 Å². The number of carbonyl (C=O) groups excluding carboxylic acids is 1. The summed E-state index contributed by atoms with van der Waals surface area (Å²) in [4.78, 5) is 11.5. The minimum atomic E-state index is 0.0376. The van der Waals surface area contributed by atoms with Crippen molar-refractivity contribution in [1.82, 2.24) is 0 Å². The maximum Gasteiger partial charge on any atom is 0.232 e. The molecule has 1 heterocycles. The molecule has 1 aliphatic heterocycles. The lowest BCUT2D eigenvalue weighted by Gasteiger charge is -2.04. The van der Waals surface area contributed by atoms with Crippen LogP contribution in [-0.2, 0) is 4.79 Å². The van der Waals surface area contributed by atoms with Gasteiger partial charge in [0.2, 0.25) is 5.91 Å². The minimum absolute atomic E-state index is 0.0376. The van der Waals surface area contributed by atoms with Gasteiger partial charge in [-0.05, 0) is 18.1 Å². The van der Waals surface area contributed by atoms with Crippen LogP contribution in [0.15, 0.2) is 24.3 Å². The number of para-hydroxylation sites is 1. The molecule has 1 aliphatic rings.